The average Bonchev–Trinajstić information content (AvgIpc) is 3.04. The van der Waals surface area contributed by atoms with Gasteiger partial charge in [0.1, 0.15) is 6.20 Å². The van der Waals surface area contributed by atoms with Crippen LogP contribution in [0.1, 0.15) is 10.5 Å². The minimum atomic E-state index is -3.22. The summed E-state index contributed by atoms with van der Waals surface area (Å²) < 4.78 is 23.0. The fourth-order valence-corrected chi connectivity index (χ4v) is 2.73. The van der Waals surface area contributed by atoms with Crippen LogP contribution >= 0.6 is 0 Å². The Morgan fingerprint density at radius 3 is 2.08 bits per heavy atom. The van der Waals surface area contributed by atoms with E-state index in [0.717, 1.165) is 28.4 Å². The number of hydrogen-bond donors (Lipinski definition) is 1. The van der Waals surface area contributed by atoms with Crippen molar-refractivity contribution in [3.63, 3.8) is 0 Å². The van der Waals surface area contributed by atoms with E-state index in [-0.39, 0.29) is 10.6 Å². The Hall–Kier alpha value is -3.20. The fraction of sp³-hybridized carbons (Fsp3) is 0.0625. The van der Waals surface area contributed by atoms with Gasteiger partial charge in [-0.15, -0.1) is 5.10 Å². The van der Waals surface area contributed by atoms with Crippen LogP contribution in [-0.2, 0) is 9.84 Å². The summed E-state index contributed by atoms with van der Waals surface area (Å²) in [6.07, 6.45) is 2.31. The van der Waals surface area contributed by atoms with Crippen molar-refractivity contribution in [3.05, 3.63) is 60.4 Å². The van der Waals surface area contributed by atoms with Crippen molar-refractivity contribution < 1.29 is 23.2 Å². The monoisotopic (exact) mass is 359 g/mol. The Bertz CT molecular complexity index is 1010. The molecule has 8 nitrogen and oxygen atoms in total. The molecule has 0 aliphatic rings. The van der Waals surface area contributed by atoms with E-state index in [1.54, 1.807) is 48.5 Å². The molecule has 2 aromatic carbocycles. The predicted molar refractivity (Wildman–Crippen MR) is 88.0 cm³/mol. The number of benzene rings is 2. The van der Waals surface area contributed by atoms with Gasteiger partial charge in [0.15, 0.2) is 21.3 Å². The summed E-state index contributed by atoms with van der Waals surface area (Å²) in [6.45, 7) is 0. The molecule has 0 spiro atoms. The van der Waals surface area contributed by atoms with Gasteiger partial charge in [0, 0.05) is 6.26 Å². The van der Waals surface area contributed by atoms with Crippen molar-refractivity contribution in [3.8, 4) is 16.9 Å². The first-order chi connectivity index (χ1) is 11.8. The normalized spacial score (nSPS) is 11.2. The second kappa shape index (κ2) is 6.36. The maximum atomic E-state index is 11.5. The van der Waals surface area contributed by atoms with Crippen LogP contribution in [0.4, 0.5) is 0 Å². The van der Waals surface area contributed by atoms with Crippen molar-refractivity contribution in [2.45, 2.75) is 4.90 Å². The maximum absolute atomic E-state index is 11.5. The summed E-state index contributed by atoms with van der Waals surface area (Å²) in [5.41, 5.74) is 1.51. The minimum absolute atomic E-state index is 0.220. The Labute approximate surface area is 143 Å². The third-order valence-corrected chi connectivity index (χ3v) is 4.49. The number of aromatic nitrogens is 3. The summed E-state index contributed by atoms with van der Waals surface area (Å²) in [4.78, 5) is 17.3. The fourth-order valence-electron chi connectivity index (χ4n) is 2.10. The van der Waals surface area contributed by atoms with Gasteiger partial charge < -0.3 is 9.94 Å². The lowest BCUT2D eigenvalue weighted by Crippen LogP contribution is -2.05. The molecule has 0 bridgehead atoms. The zero-order valence-corrected chi connectivity index (χ0v) is 13.8. The summed E-state index contributed by atoms with van der Waals surface area (Å²) in [5.74, 6) is -0.749. The smallest absolute Gasteiger partial charge is 0.358 e. The highest BCUT2D eigenvalue weighted by Gasteiger charge is 2.10. The second-order valence-corrected chi connectivity index (χ2v) is 7.24. The molecular weight excluding hydrogens is 346 g/mol. The molecule has 128 valence electrons. The molecule has 0 unspecified atom stereocenters. The van der Waals surface area contributed by atoms with E-state index >= 15 is 0 Å². The quantitative estimate of drug-likeness (QED) is 0.740. The molecule has 0 atom stereocenters. The molecule has 0 saturated heterocycles. The van der Waals surface area contributed by atoms with Crippen LogP contribution in [0.15, 0.2) is 59.6 Å². The molecule has 1 heterocycles. The molecule has 3 aromatic rings. The number of carbonyl (C=O) groups is 1. The van der Waals surface area contributed by atoms with Crippen molar-refractivity contribution in [1.82, 2.24) is 15.2 Å². The SMILES string of the molecule is CS(=O)(=O)c1ccc(-c2ccc(On3cc(C(=O)O)nn3)cc2)cc1. The van der Waals surface area contributed by atoms with Crippen LogP contribution in [0.2, 0.25) is 0 Å². The average molecular weight is 359 g/mol. The zero-order chi connectivity index (χ0) is 18.0. The van der Waals surface area contributed by atoms with E-state index in [2.05, 4.69) is 10.3 Å². The van der Waals surface area contributed by atoms with Crippen LogP contribution in [0, 0.1) is 0 Å². The molecule has 9 heteroatoms. The van der Waals surface area contributed by atoms with Gasteiger partial charge in [0.05, 0.1) is 4.90 Å². The molecule has 0 amide bonds. The molecule has 0 aliphatic heterocycles. The minimum Gasteiger partial charge on any atom is -0.476 e. The molecule has 0 fully saturated rings. The van der Waals surface area contributed by atoms with Crippen molar-refractivity contribution in [2.75, 3.05) is 6.26 Å². The molecule has 1 aromatic heterocycles. The number of aromatic carboxylic acids is 1. The Morgan fingerprint density at radius 1 is 1.04 bits per heavy atom. The molecule has 1 N–H and O–H groups in total. The van der Waals surface area contributed by atoms with E-state index in [1.165, 1.54) is 0 Å². The van der Waals surface area contributed by atoms with Gasteiger partial charge in [-0.25, -0.2) is 13.2 Å². The zero-order valence-electron chi connectivity index (χ0n) is 13.0. The standard InChI is InChI=1S/C16H13N3O5S/c1-25(22,23)14-8-4-12(5-9-14)11-2-6-13(7-3-11)24-19-10-15(16(20)21)17-18-19/h2-10H,1H3,(H,20,21). The largest absolute Gasteiger partial charge is 0.476 e. The lowest BCUT2D eigenvalue weighted by molar-refractivity contribution is 0.0689. The van der Waals surface area contributed by atoms with E-state index in [9.17, 15) is 13.2 Å². The van der Waals surface area contributed by atoms with Crippen LogP contribution in [-0.4, -0.2) is 40.9 Å². The number of rotatable bonds is 5. The van der Waals surface area contributed by atoms with Crippen molar-refractivity contribution in [1.29, 1.82) is 0 Å². The highest BCUT2D eigenvalue weighted by molar-refractivity contribution is 7.90. The van der Waals surface area contributed by atoms with Crippen LogP contribution < -0.4 is 4.84 Å². The first-order valence-electron chi connectivity index (χ1n) is 7.07. The maximum Gasteiger partial charge on any atom is 0.358 e. The lowest BCUT2D eigenvalue weighted by Gasteiger charge is -2.06. The van der Waals surface area contributed by atoms with Gasteiger partial charge in [-0.1, -0.05) is 29.1 Å². The summed E-state index contributed by atoms with van der Waals surface area (Å²) in [5, 5.41) is 15.8. The van der Waals surface area contributed by atoms with Gasteiger partial charge in [-0.3, -0.25) is 0 Å². The van der Waals surface area contributed by atoms with Gasteiger partial charge in [-0.2, -0.15) is 0 Å². The van der Waals surface area contributed by atoms with Gasteiger partial charge in [0.25, 0.3) is 0 Å². The molecular formula is C16H13N3O5S. The molecule has 25 heavy (non-hydrogen) atoms. The summed E-state index contributed by atoms with van der Waals surface area (Å²) in [7, 11) is -3.22. The van der Waals surface area contributed by atoms with E-state index in [0.29, 0.717) is 5.75 Å². The van der Waals surface area contributed by atoms with Crippen LogP contribution in [0.25, 0.3) is 11.1 Å². The molecule has 0 saturated carbocycles. The van der Waals surface area contributed by atoms with Crippen LogP contribution in [0.5, 0.6) is 5.75 Å². The molecule has 3 rings (SSSR count). The Kier molecular flexibility index (Phi) is 4.24. The highest BCUT2D eigenvalue weighted by atomic mass is 32.2. The molecule has 0 radical (unpaired) electrons. The van der Waals surface area contributed by atoms with E-state index < -0.39 is 15.8 Å². The number of carboxylic acid groups (broad SMARTS) is 1. The Balaban J connectivity index is 1.76. The number of carboxylic acids is 1. The highest BCUT2D eigenvalue weighted by Crippen LogP contribution is 2.24. The van der Waals surface area contributed by atoms with Gasteiger partial charge in [0.2, 0.25) is 0 Å². The third kappa shape index (κ3) is 3.83. The first kappa shape index (κ1) is 16.7. The summed E-state index contributed by atoms with van der Waals surface area (Å²) >= 11 is 0. The first-order valence-corrected chi connectivity index (χ1v) is 8.96. The third-order valence-electron chi connectivity index (χ3n) is 3.36. The Morgan fingerprint density at radius 2 is 1.60 bits per heavy atom. The van der Waals surface area contributed by atoms with Crippen molar-refractivity contribution in [2.24, 2.45) is 0 Å². The second-order valence-electron chi connectivity index (χ2n) is 5.22. The van der Waals surface area contributed by atoms with Gasteiger partial charge >= 0.3 is 5.97 Å². The number of sulfone groups is 1. The lowest BCUT2D eigenvalue weighted by atomic mass is 10.1. The number of nitrogens with zero attached hydrogens (tertiary/aromatic N) is 3. The molecule has 0 aliphatic carbocycles. The van der Waals surface area contributed by atoms with Gasteiger partial charge in [-0.05, 0) is 40.6 Å². The summed E-state index contributed by atoms with van der Waals surface area (Å²) in [6, 6.07) is 13.5. The van der Waals surface area contributed by atoms with E-state index in [4.69, 9.17) is 9.94 Å². The van der Waals surface area contributed by atoms with Crippen LogP contribution in [0.3, 0.4) is 0 Å². The van der Waals surface area contributed by atoms with Crippen molar-refractivity contribution >= 4 is 15.8 Å². The number of hydrogen-bond acceptors (Lipinski definition) is 6. The van der Waals surface area contributed by atoms with E-state index in [1.807, 2.05) is 0 Å². The topological polar surface area (TPSA) is 111 Å². The predicted octanol–water partition coefficient (Wildman–Crippen LogP) is 1.89.